The van der Waals surface area contributed by atoms with E-state index in [4.69, 9.17) is 11.6 Å². The molecule has 0 radical (unpaired) electrons. The number of aryl methyl sites for hydroxylation is 1. The van der Waals surface area contributed by atoms with Crippen LogP contribution in [0.1, 0.15) is 12.5 Å². The van der Waals surface area contributed by atoms with Gasteiger partial charge in [-0.25, -0.2) is 0 Å². The van der Waals surface area contributed by atoms with Gasteiger partial charge in [0, 0.05) is 59.0 Å². The van der Waals surface area contributed by atoms with E-state index >= 15 is 0 Å². The number of nitrogens with one attached hydrogen (secondary N) is 2. The van der Waals surface area contributed by atoms with Crippen molar-refractivity contribution in [1.29, 1.82) is 0 Å². The highest BCUT2D eigenvalue weighted by atomic mass is 35.5. The summed E-state index contributed by atoms with van der Waals surface area (Å²) in [6, 6.07) is 15.1. The Balaban J connectivity index is 1.36. The van der Waals surface area contributed by atoms with Crippen molar-refractivity contribution in [2.45, 2.75) is 19.9 Å². The Bertz CT molecular complexity index is 1140. The molecule has 7 heteroatoms. The third-order valence-electron chi connectivity index (χ3n) is 5.56. The standard InChI is InChI=1S/C23H25ClN4O2/c1-15-11-19(5-6-20(15)24)28-10-9-27(13-16(28)2)14-23(30)25-18-4-7-21-17(12-18)3-8-22(29)26-21/h3-8,11-12,16H,9-10,13-14H2,1-2H3,(H,25,30)(H,26,29)/t16-/m1/s1. The number of hydrogen-bond acceptors (Lipinski definition) is 4. The zero-order valence-electron chi connectivity index (χ0n) is 17.1. The number of aromatic nitrogens is 1. The predicted molar refractivity (Wildman–Crippen MR) is 123 cm³/mol. The number of pyridine rings is 1. The van der Waals surface area contributed by atoms with Crippen molar-refractivity contribution in [3.8, 4) is 0 Å². The van der Waals surface area contributed by atoms with E-state index in [1.807, 2.05) is 19.1 Å². The molecule has 1 aliphatic rings. The van der Waals surface area contributed by atoms with Crippen molar-refractivity contribution < 1.29 is 4.79 Å². The van der Waals surface area contributed by atoms with Crippen LogP contribution in [0.4, 0.5) is 11.4 Å². The van der Waals surface area contributed by atoms with E-state index in [1.54, 1.807) is 18.2 Å². The van der Waals surface area contributed by atoms with Crippen LogP contribution in [0.15, 0.2) is 53.3 Å². The molecule has 0 unspecified atom stereocenters. The molecular formula is C23H25ClN4O2. The molecule has 30 heavy (non-hydrogen) atoms. The van der Waals surface area contributed by atoms with Crippen LogP contribution >= 0.6 is 11.6 Å². The van der Waals surface area contributed by atoms with Crippen molar-refractivity contribution >= 4 is 39.8 Å². The molecule has 1 aliphatic heterocycles. The van der Waals surface area contributed by atoms with Crippen molar-refractivity contribution in [3.63, 3.8) is 0 Å². The lowest BCUT2D eigenvalue weighted by Gasteiger charge is -2.41. The number of nitrogens with zero attached hydrogens (tertiary/aromatic N) is 2. The molecule has 1 fully saturated rings. The third-order valence-corrected chi connectivity index (χ3v) is 5.98. The van der Waals surface area contributed by atoms with E-state index in [1.165, 1.54) is 11.8 Å². The van der Waals surface area contributed by atoms with Crippen LogP contribution < -0.4 is 15.8 Å². The van der Waals surface area contributed by atoms with Crippen LogP contribution in [-0.2, 0) is 4.79 Å². The van der Waals surface area contributed by atoms with Gasteiger partial charge in [-0.1, -0.05) is 11.6 Å². The summed E-state index contributed by atoms with van der Waals surface area (Å²) in [6.07, 6.45) is 0. The third kappa shape index (κ3) is 4.50. The normalized spacial score (nSPS) is 17.3. The highest BCUT2D eigenvalue weighted by Crippen LogP contribution is 2.25. The first-order chi connectivity index (χ1) is 14.4. The quantitative estimate of drug-likeness (QED) is 0.671. The second-order valence-electron chi connectivity index (χ2n) is 7.88. The van der Waals surface area contributed by atoms with Gasteiger partial charge in [-0.05, 0) is 61.9 Å². The number of carbonyl (C=O) groups excluding carboxylic acids is 1. The average Bonchev–Trinajstić information content (AvgIpc) is 2.70. The topological polar surface area (TPSA) is 68.4 Å². The van der Waals surface area contributed by atoms with E-state index in [2.05, 4.69) is 39.2 Å². The zero-order chi connectivity index (χ0) is 21.3. The van der Waals surface area contributed by atoms with E-state index < -0.39 is 0 Å². The molecule has 3 aromatic rings. The van der Waals surface area contributed by atoms with Gasteiger partial charge < -0.3 is 15.2 Å². The Labute approximate surface area is 180 Å². The average molecular weight is 425 g/mol. The maximum atomic E-state index is 12.6. The molecule has 0 aliphatic carbocycles. The summed E-state index contributed by atoms with van der Waals surface area (Å²) >= 11 is 6.16. The van der Waals surface area contributed by atoms with Gasteiger partial charge in [0.25, 0.3) is 0 Å². The number of carbonyl (C=O) groups is 1. The monoisotopic (exact) mass is 424 g/mol. The van der Waals surface area contributed by atoms with Crippen molar-refractivity contribution in [3.05, 3.63) is 69.5 Å². The summed E-state index contributed by atoms with van der Waals surface area (Å²) in [5.41, 5.74) is 3.58. The fourth-order valence-corrected chi connectivity index (χ4v) is 4.12. The smallest absolute Gasteiger partial charge is 0.248 e. The number of fused-ring (bicyclic) bond motifs is 1. The van der Waals surface area contributed by atoms with Crippen LogP contribution in [0.5, 0.6) is 0 Å². The number of rotatable bonds is 4. The van der Waals surface area contributed by atoms with Gasteiger partial charge in [-0.3, -0.25) is 14.5 Å². The van der Waals surface area contributed by atoms with Crippen molar-refractivity contribution in [2.75, 3.05) is 36.4 Å². The molecule has 0 bridgehead atoms. The first-order valence-corrected chi connectivity index (χ1v) is 10.4. The van der Waals surface area contributed by atoms with Crippen LogP contribution in [0.25, 0.3) is 10.9 Å². The first kappa shape index (κ1) is 20.4. The molecule has 156 valence electrons. The molecule has 1 aromatic heterocycles. The molecule has 2 heterocycles. The van der Waals surface area contributed by atoms with Crippen LogP contribution in [0.2, 0.25) is 5.02 Å². The highest BCUT2D eigenvalue weighted by molar-refractivity contribution is 6.31. The number of piperazine rings is 1. The van der Waals surface area contributed by atoms with Crippen molar-refractivity contribution in [2.24, 2.45) is 0 Å². The lowest BCUT2D eigenvalue weighted by atomic mass is 10.1. The fraction of sp³-hybridized carbons (Fsp3) is 0.304. The minimum Gasteiger partial charge on any atom is -0.366 e. The number of H-pyrrole nitrogens is 1. The number of aromatic amines is 1. The number of hydrogen-bond donors (Lipinski definition) is 2. The van der Waals surface area contributed by atoms with Gasteiger partial charge >= 0.3 is 0 Å². The van der Waals surface area contributed by atoms with E-state index in [-0.39, 0.29) is 11.5 Å². The minimum atomic E-state index is -0.138. The summed E-state index contributed by atoms with van der Waals surface area (Å²) < 4.78 is 0. The lowest BCUT2D eigenvalue weighted by Crippen LogP contribution is -2.53. The van der Waals surface area contributed by atoms with Crippen LogP contribution in [0, 0.1) is 6.92 Å². The molecule has 0 spiro atoms. The summed E-state index contributed by atoms with van der Waals surface area (Å²) in [5, 5.41) is 4.63. The van der Waals surface area contributed by atoms with Gasteiger partial charge in [0.05, 0.1) is 6.54 Å². The molecule has 2 N–H and O–H groups in total. The van der Waals surface area contributed by atoms with Crippen molar-refractivity contribution in [1.82, 2.24) is 9.88 Å². The molecule has 1 atom stereocenters. The number of anilines is 2. The SMILES string of the molecule is Cc1cc(N2CCN(CC(=O)Nc3ccc4[nH]c(=O)ccc4c3)C[C@H]2C)ccc1Cl. The molecule has 1 saturated heterocycles. The number of halogens is 1. The second-order valence-corrected chi connectivity index (χ2v) is 8.29. The molecule has 0 saturated carbocycles. The largest absolute Gasteiger partial charge is 0.366 e. The van der Waals surface area contributed by atoms with Gasteiger partial charge in [0.15, 0.2) is 0 Å². The Morgan fingerprint density at radius 3 is 2.77 bits per heavy atom. The maximum Gasteiger partial charge on any atom is 0.248 e. The summed E-state index contributed by atoms with van der Waals surface area (Å²) in [7, 11) is 0. The van der Waals surface area contributed by atoms with Gasteiger partial charge in [0.2, 0.25) is 11.5 Å². The van der Waals surface area contributed by atoms with Gasteiger partial charge in [-0.2, -0.15) is 0 Å². The molecular weight excluding hydrogens is 400 g/mol. The summed E-state index contributed by atoms with van der Waals surface area (Å²) in [5.74, 6) is -0.0400. The number of amides is 1. The fourth-order valence-electron chi connectivity index (χ4n) is 4.00. The summed E-state index contributed by atoms with van der Waals surface area (Å²) in [4.78, 5) is 31.3. The first-order valence-electron chi connectivity index (χ1n) is 10.1. The highest BCUT2D eigenvalue weighted by Gasteiger charge is 2.25. The van der Waals surface area contributed by atoms with E-state index in [9.17, 15) is 9.59 Å². The molecule has 6 nitrogen and oxygen atoms in total. The Morgan fingerprint density at radius 2 is 2.00 bits per heavy atom. The van der Waals surface area contributed by atoms with Gasteiger partial charge in [0.1, 0.15) is 0 Å². The predicted octanol–water partition coefficient (Wildman–Crippen LogP) is 3.64. The summed E-state index contributed by atoms with van der Waals surface area (Å²) in [6.45, 7) is 7.03. The van der Waals surface area contributed by atoms with E-state index in [0.29, 0.717) is 12.6 Å². The van der Waals surface area contributed by atoms with Crippen LogP contribution in [-0.4, -0.2) is 48.0 Å². The molecule has 1 amide bonds. The van der Waals surface area contributed by atoms with Gasteiger partial charge in [-0.15, -0.1) is 0 Å². The zero-order valence-corrected chi connectivity index (χ0v) is 17.9. The Kier molecular flexibility index (Phi) is 5.79. The minimum absolute atomic E-state index is 0.0400. The second kappa shape index (κ2) is 8.50. The Hall–Kier alpha value is -2.83. The lowest BCUT2D eigenvalue weighted by molar-refractivity contribution is -0.117. The van der Waals surface area contributed by atoms with Crippen LogP contribution in [0.3, 0.4) is 0 Å². The molecule has 2 aromatic carbocycles. The maximum absolute atomic E-state index is 12.6. The Morgan fingerprint density at radius 1 is 1.17 bits per heavy atom. The molecule has 4 rings (SSSR count). The van der Waals surface area contributed by atoms with E-state index in [0.717, 1.165) is 46.8 Å². The number of benzene rings is 2.